The summed E-state index contributed by atoms with van der Waals surface area (Å²) in [6.45, 7) is 3.84. The summed E-state index contributed by atoms with van der Waals surface area (Å²) in [5, 5.41) is 18.5. The molecule has 0 fully saturated rings. The molecule has 0 aliphatic heterocycles. The van der Waals surface area contributed by atoms with E-state index in [1.807, 2.05) is 0 Å². The third-order valence-electron chi connectivity index (χ3n) is 3.83. The largest absolute Gasteiger partial charge is 0.356 e. The molecule has 1 atom stereocenters. The van der Waals surface area contributed by atoms with E-state index in [1.165, 1.54) is 14.2 Å². The number of amides is 1. The zero-order valence-corrected chi connectivity index (χ0v) is 14.9. The fourth-order valence-corrected chi connectivity index (χ4v) is 2.31. The predicted molar refractivity (Wildman–Crippen MR) is 93.6 cm³/mol. The first-order chi connectivity index (χ1) is 12.0. The molecule has 25 heavy (non-hydrogen) atoms. The number of aromatic nitrogens is 4. The first-order valence-electron chi connectivity index (χ1n) is 8.60. The standard InChI is InChI=1S/C16H25BN5O3/c1-12(24)14(10-17-11-23)7-8-16(25)18-9-5-3-4-6-15-21-19-13(2)20-22-15/h11,14H,3-10H2,1-2H3,(H,18,25). The smallest absolute Gasteiger partial charge is 0.220 e. The first-order valence-corrected chi connectivity index (χ1v) is 8.60. The van der Waals surface area contributed by atoms with E-state index in [2.05, 4.69) is 25.7 Å². The molecule has 1 N–H and O–H groups in total. The third kappa shape index (κ3) is 9.64. The highest BCUT2D eigenvalue weighted by Crippen LogP contribution is 2.12. The number of nitrogens with one attached hydrogen (secondary N) is 1. The molecule has 1 unspecified atom stereocenters. The molecule has 0 aromatic carbocycles. The topological polar surface area (TPSA) is 115 Å². The van der Waals surface area contributed by atoms with Gasteiger partial charge in [0.25, 0.3) is 0 Å². The zero-order valence-electron chi connectivity index (χ0n) is 14.9. The van der Waals surface area contributed by atoms with Crippen LogP contribution in [0.25, 0.3) is 0 Å². The lowest BCUT2D eigenvalue weighted by Crippen LogP contribution is -2.26. The predicted octanol–water partition coefficient (Wildman–Crippen LogP) is 0.702. The van der Waals surface area contributed by atoms with Crippen LogP contribution in [0.2, 0.25) is 6.32 Å². The van der Waals surface area contributed by atoms with Crippen LogP contribution in [0.1, 0.15) is 50.7 Å². The van der Waals surface area contributed by atoms with Crippen molar-refractivity contribution >= 4 is 25.2 Å². The second-order valence-corrected chi connectivity index (χ2v) is 5.98. The van der Waals surface area contributed by atoms with Gasteiger partial charge in [-0.25, -0.2) is 0 Å². The van der Waals surface area contributed by atoms with Gasteiger partial charge in [0.15, 0.2) is 18.9 Å². The minimum absolute atomic E-state index is 0.00760. The van der Waals surface area contributed by atoms with Gasteiger partial charge in [-0.3, -0.25) is 9.59 Å². The van der Waals surface area contributed by atoms with Crippen molar-refractivity contribution in [3.63, 3.8) is 0 Å². The van der Waals surface area contributed by atoms with Crippen molar-refractivity contribution in [3.8, 4) is 0 Å². The number of nitrogens with zero attached hydrogens (tertiary/aromatic N) is 4. The second kappa shape index (κ2) is 12.2. The average molecular weight is 346 g/mol. The van der Waals surface area contributed by atoms with Crippen LogP contribution in [-0.4, -0.2) is 52.1 Å². The number of aryl methyl sites for hydroxylation is 2. The van der Waals surface area contributed by atoms with Crippen molar-refractivity contribution in [1.29, 1.82) is 0 Å². The number of carbonyl (C=O) groups excluding carboxylic acids is 3. The van der Waals surface area contributed by atoms with Crippen LogP contribution in [0.3, 0.4) is 0 Å². The van der Waals surface area contributed by atoms with Crippen molar-refractivity contribution in [1.82, 2.24) is 25.7 Å². The van der Waals surface area contributed by atoms with Crippen LogP contribution >= 0.6 is 0 Å². The van der Waals surface area contributed by atoms with Crippen molar-refractivity contribution in [3.05, 3.63) is 11.6 Å². The summed E-state index contributed by atoms with van der Waals surface area (Å²) in [6, 6.07) is 0. The van der Waals surface area contributed by atoms with Gasteiger partial charge < -0.3 is 10.1 Å². The molecule has 135 valence electrons. The molecular weight excluding hydrogens is 321 g/mol. The Morgan fingerprint density at radius 3 is 2.52 bits per heavy atom. The Labute approximate surface area is 148 Å². The fourth-order valence-electron chi connectivity index (χ4n) is 2.31. The Balaban J connectivity index is 2.08. The van der Waals surface area contributed by atoms with Gasteiger partial charge in [0, 0.05) is 25.3 Å². The number of unbranched alkanes of at least 4 members (excludes halogenated alkanes) is 2. The second-order valence-electron chi connectivity index (χ2n) is 5.98. The van der Waals surface area contributed by atoms with E-state index in [-0.39, 0.29) is 17.6 Å². The van der Waals surface area contributed by atoms with Crippen molar-refractivity contribution < 1.29 is 14.4 Å². The van der Waals surface area contributed by atoms with E-state index in [4.69, 9.17) is 0 Å². The third-order valence-corrected chi connectivity index (χ3v) is 3.83. The normalized spacial score (nSPS) is 11.6. The quantitative estimate of drug-likeness (QED) is 0.318. The van der Waals surface area contributed by atoms with Crippen LogP contribution in [0, 0.1) is 12.8 Å². The van der Waals surface area contributed by atoms with E-state index in [0.717, 1.165) is 25.7 Å². The minimum Gasteiger partial charge on any atom is -0.356 e. The first kappa shape index (κ1) is 20.9. The molecule has 1 heterocycles. The molecule has 1 radical (unpaired) electrons. The van der Waals surface area contributed by atoms with E-state index in [0.29, 0.717) is 43.5 Å². The highest BCUT2D eigenvalue weighted by atomic mass is 16.1. The maximum atomic E-state index is 11.8. The van der Waals surface area contributed by atoms with Gasteiger partial charge in [0.05, 0.1) is 6.19 Å². The Morgan fingerprint density at radius 2 is 1.88 bits per heavy atom. The molecule has 0 aliphatic carbocycles. The summed E-state index contributed by atoms with van der Waals surface area (Å²) >= 11 is 0. The van der Waals surface area contributed by atoms with E-state index >= 15 is 0 Å². The van der Waals surface area contributed by atoms with Crippen molar-refractivity contribution in [2.45, 2.75) is 58.7 Å². The summed E-state index contributed by atoms with van der Waals surface area (Å²) in [7, 11) is 1.42. The molecule has 0 aliphatic rings. The summed E-state index contributed by atoms with van der Waals surface area (Å²) in [6.07, 6.45) is 5.30. The molecule has 1 aromatic rings. The van der Waals surface area contributed by atoms with Crippen LogP contribution < -0.4 is 5.32 Å². The summed E-state index contributed by atoms with van der Waals surface area (Å²) in [5.41, 5.74) is 0. The maximum absolute atomic E-state index is 11.8. The number of Topliss-reactive ketones (excluding diaryl/α,β-unsaturated/α-hetero) is 1. The molecule has 0 saturated carbocycles. The van der Waals surface area contributed by atoms with Gasteiger partial charge in [0.1, 0.15) is 5.78 Å². The molecule has 0 bridgehead atoms. The highest BCUT2D eigenvalue weighted by molar-refractivity contribution is 6.66. The highest BCUT2D eigenvalue weighted by Gasteiger charge is 2.15. The van der Waals surface area contributed by atoms with Crippen LogP contribution in [0.15, 0.2) is 0 Å². The average Bonchev–Trinajstić information content (AvgIpc) is 2.59. The number of hydrogen-bond acceptors (Lipinski definition) is 7. The van der Waals surface area contributed by atoms with E-state index in [9.17, 15) is 14.4 Å². The molecular formula is C16H25BN5O3. The molecule has 8 nitrogen and oxygen atoms in total. The van der Waals surface area contributed by atoms with Gasteiger partial charge in [-0.05, 0) is 33.1 Å². The van der Waals surface area contributed by atoms with E-state index in [1.54, 1.807) is 6.92 Å². The summed E-state index contributed by atoms with van der Waals surface area (Å²) in [5.74, 6) is 0.882. The Morgan fingerprint density at radius 1 is 1.16 bits per heavy atom. The van der Waals surface area contributed by atoms with Gasteiger partial charge in [-0.15, -0.1) is 20.4 Å². The lowest BCUT2D eigenvalue weighted by molar-refractivity contribution is -0.122. The van der Waals surface area contributed by atoms with E-state index < -0.39 is 0 Å². The van der Waals surface area contributed by atoms with Gasteiger partial charge >= 0.3 is 0 Å². The molecule has 9 heteroatoms. The van der Waals surface area contributed by atoms with Crippen LogP contribution in [0.5, 0.6) is 0 Å². The van der Waals surface area contributed by atoms with Crippen molar-refractivity contribution in [2.75, 3.05) is 6.54 Å². The Kier molecular flexibility index (Phi) is 10.2. The lowest BCUT2D eigenvalue weighted by atomic mass is 9.69. The summed E-state index contributed by atoms with van der Waals surface area (Å²) in [4.78, 5) is 33.6. The Bertz CT molecular complexity index is 553. The number of rotatable bonds is 13. The lowest BCUT2D eigenvalue weighted by Gasteiger charge is -2.11. The van der Waals surface area contributed by atoms with Crippen molar-refractivity contribution in [2.24, 2.45) is 5.92 Å². The van der Waals surface area contributed by atoms with Gasteiger partial charge in [-0.1, -0.05) is 12.7 Å². The maximum Gasteiger partial charge on any atom is 0.220 e. The zero-order chi connectivity index (χ0) is 18.5. The fraction of sp³-hybridized carbons (Fsp3) is 0.688. The molecule has 1 rings (SSSR count). The van der Waals surface area contributed by atoms with Gasteiger partial charge in [0.2, 0.25) is 5.91 Å². The molecule has 1 amide bonds. The van der Waals surface area contributed by atoms with Crippen LogP contribution in [0.4, 0.5) is 0 Å². The van der Waals surface area contributed by atoms with Crippen LogP contribution in [-0.2, 0) is 20.8 Å². The monoisotopic (exact) mass is 346 g/mol. The molecule has 0 saturated heterocycles. The summed E-state index contributed by atoms with van der Waals surface area (Å²) < 4.78 is 0. The Hall–Kier alpha value is -2.19. The number of carbonyl (C=O) groups is 3. The SMILES string of the molecule is CC(=O)C(C[B]C=O)CCC(=O)NCCCCCc1nnc(C)nn1. The number of hydrogen-bond donors (Lipinski definition) is 1. The minimum atomic E-state index is -0.257. The molecule has 1 aromatic heterocycles. The molecule has 0 spiro atoms. The number of ketones is 1. The van der Waals surface area contributed by atoms with Gasteiger partial charge in [-0.2, -0.15) is 0 Å².